The molecule has 0 aliphatic rings. The smallest absolute Gasteiger partial charge is 0.119 e. The van der Waals surface area contributed by atoms with Crippen molar-refractivity contribution in [2.45, 2.75) is 19.4 Å². The average Bonchev–Trinajstić information content (AvgIpc) is 2.55. The molecule has 0 saturated carbocycles. The van der Waals surface area contributed by atoms with Crippen LogP contribution in [0.4, 0.5) is 0 Å². The van der Waals surface area contributed by atoms with Crippen LogP contribution in [0.3, 0.4) is 0 Å². The minimum atomic E-state index is 0.560. The van der Waals surface area contributed by atoms with Crippen LogP contribution >= 0.6 is 0 Å². The van der Waals surface area contributed by atoms with Crippen molar-refractivity contribution in [1.82, 2.24) is 4.98 Å². The quantitative estimate of drug-likeness (QED) is 0.720. The normalized spacial score (nSPS) is 10.5. The number of nitrogens with zero attached hydrogens (tertiary/aromatic N) is 1. The topological polar surface area (TPSA) is 57.4 Å². The summed E-state index contributed by atoms with van der Waals surface area (Å²) in [5.74, 6) is 0.876. The van der Waals surface area contributed by atoms with Gasteiger partial charge in [0.1, 0.15) is 5.75 Å². The molecule has 112 valence electrons. The fraction of sp³-hybridized carbons (Fsp3) is 0.353. The lowest BCUT2D eigenvalue weighted by atomic mass is 10.2. The Morgan fingerprint density at radius 2 is 1.81 bits per heavy atom. The van der Waals surface area contributed by atoms with E-state index in [1.165, 1.54) is 0 Å². The summed E-state index contributed by atoms with van der Waals surface area (Å²) in [5.41, 5.74) is 7.72. The maximum Gasteiger partial charge on any atom is 0.119 e. The van der Waals surface area contributed by atoms with Crippen molar-refractivity contribution in [1.29, 1.82) is 0 Å². The molecule has 0 spiro atoms. The summed E-state index contributed by atoms with van der Waals surface area (Å²) in [4.78, 5) is 4.25. The van der Waals surface area contributed by atoms with Crippen molar-refractivity contribution in [2.24, 2.45) is 5.73 Å². The number of ether oxygens (including phenoxy) is 2. The highest BCUT2D eigenvalue weighted by Crippen LogP contribution is 2.11. The molecule has 0 fully saturated rings. The number of nitrogens with two attached hydrogens (primary N) is 1. The molecule has 0 amide bonds. The van der Waals surface area contributed by atoms with Crippen LogP contribution in [0.5, 0.6) is 5.75 Å². The Bertz CT molecular complexity index is 500. The van der Waals surface area contributed by atoms with E-state index in [2.05, 4.69) is 4.98 Å². The molecule has 21 heavy (non-hydrogen) atoms. The van der Waals surface area contributed by atoms with Crippen LogP contribution in [0, 0.1) is 0 Å². The summed E-state index contributed by atoms with van der Waals surface area (Å²) in [5, 5.41) is 0. The summed E-state index contributed by atoms with van der Waals surface area (Å²) in [6.07, 6.45) is 3.53. The van der Waals surface area contributed by atoms with E-state index in [0.29, 0.717) is 26.4 Å². The molecule has 0 saturated heterocycles. The molecular weight excluding hydrogens is 264 g/mol. The Morgan fingerprint density at radius 1 is 0.952 bits per heavy atom. The van der Waals surface area contributed by atoms with Crippen molar-refractivity contribution in [2.75, 3.05) is 19.8 Å². The van der Waals surface area contributed by atoms with E-state index >= 15 is 0 Å². The zero-order valence-electron chi connectivity index (χ0n) is 12.2. The first-order valence-electron chi connectivity index (χ1n) is 7.28. The van der Waals surface area contributed by atoms with Gasteiger partial charge in [-0.1, -0.05) is 18.2 Å². The molecule has 0 atom stereocenters. The third-order valence-electron chi connectivity index (χ3n) is 3.09. The highest BCUT2D eigenvalue weighted by molar-refractivity contribution is 5.26. The molecule has 1 aromatic carbocycles. The Balaban J connectivity index is 1.51. The fourth-order valence-electron chi connectivity index (χ4n) is 1.90. The molecule has 0 aliphatic carbocycles. The minimum absolute atomic E-state index is 0.560. The summed E-state index contributed by atoms with van der Waals surface area (Å²) in [6.45, 7) is 2.62. The highest BCUT2D eigenvalue weighted by Gasteiger charge is 1.96. The molecule has 0 aliphatic heterocycles. The second kappa shape index (κ2) is 9.10. The molecule has 1 aromatic heterocycles. The lowest BCUT2D eigenvalue weighted by Crippen LogP contribution is -2.06. The lowest BCUT2D eigenvalue weighted by Gasteiger charge is -2.07. The van der Waals surface area contributed by atoms with E-state index in [1.54, 1.807) is 6.20 Å². The first kappa shape index (κ1) is 15.5. The zero-order valence-corrected chi connectivity index (χ0v) is 12.2. The molecule has 4 heteroatoms. The summed E-state index contributed by atoms with van der Waals surface area (Å²) >= 11 is 0. The van der Waals surface area contributed by atoms with Gasteiger partial charge in [-0.2, -0.15) is 0 Å². The maximum absolute atomic E-state index is 5.64. The number of pyridine rings is 1. The second-order valence-electron chi connectivity index (χ2n) is 4.73. The number of benzene rings is 1. The van der Waals surface area contributed by atoms with Crippen molar-refractivity contribution >= 4 is 0 Å². The van der Waals surface area contributed by atoms with E-state index in [-0.39, 0.29) is 0 Å². The van der Waals surface area contributed by atoms with E-state index in [4.69, 9.17) is 15.2 Å². The molecule has 2 aromatic rings. The third-order valence-corrected chi connectivity index (χ3v) is 3.09. The molecule has 0 bridgehead atoms. The van der Waals surface area contributed by atoms with Crippen LogP contribution in [-0.4, -0.2) is 24.8 Å². The van der Waals surface area contributed by atoms with Gasteiger partial charge in [0, 0.05) is 37.9 Å². The van der Waals surface area contributed by atoms with Crippen molar-refractivity contribution in [3.63, 3.8) is 0 Å². The van der Waals surface area contributed by atoms with Crippen molar-refractivity contribution in [3.05, 3.63) is 59.9 Å². The minimum Gasteiger partial charge on any atom is -0.494 e. The predicted octanol–water partition coefficient (Wildman–Crippen LogP) is 2.57. The average molecular weight is 286 g/mol. The van der Waals surface area contributed by atoms with Gasteiger partial charge in [-0.15, -0.1) is 0 Å². The standard InChI is InChI=1S/C17H22N2O2/c18-14-15-5-7-17(8-6-15)21-12-3-11-20-13-9-16-4-1-2-10-19-16/h1-2,4-8,10H,3,9,11-14,18H2. The van der Waals surface area contributed by atoms with E-state index in [9.17, 15) is 0 Å². The van der Waals surface area contributed by atoms with Crippen LogP contribution in [0.15, 0.2) is 48.7 Å². The largest absolute Gasteiger partial charge is 0.494 e. The molecule has 0 radical (unpaired) electrons. The maximum atomic E-state index is 5.64. The van der Waals surface area contributed by atoms with Gasteiger partial charge in [-0.25, -0.2) is 0 Å². The molecular formula is C17H22N2O2. The van der Waals surface area contributed by atoms with Crippen LogP contribution in [0.1, 0.15) is 17.7 Å². The first-order valence-corrected chi connectivity index (χ1v) is 7.28. The summed E-state index contributed by atoms with van der Waals surface area (Å²) in [6, 6.07) is 13.8. The van der Waals surface area contributed by atoms with Crippen molar-refractivity contribution < 1.29 is 9.47 Å². The molecule has 2 N–H and O–H groups in total. The van der Waals surface area contributed by atoms with E-state index in [0.717, 1.165) is 29.8 Å². The van der Waals surface area contributed by atoms with Gasteiger partial charge in [0.15, 0.2) is 0 Å². The summed E-state index contributed by atoms with van der Waals surface area (Å²) in [7, 11) is 0. The van der Waals surface area contributed by atoms with Gasteiger partial charge >= 0.3 is 0 Å². The van der Waals surface area contributed by atoms with Gasteiger partial charge in [0.25, 0.3) is 0 Å². The van der Waals surface area contributed by atoms with Gasteiger partial charge in [0.2, 0.25) is 0 Å². The number of hydrogen-bond donors (Lipinski definition) is 1. The Kier molecular flexibility index (Phi) is 6.71. The molecule has 1 heterocycles. The Hall–Kier alpha value is -1.91. The predicted molar refractivity (Wildman–Crippen MR) is 83.2 cm³/mol. The third kappa shape index (κ3) is 5.94. The van der Waals surface area contributed by atoms with Gasteiger partial charge in [0.05, 0.1) is 13.2 Å². The number of hydrogen-bond acceptors (Lipinski definition) is 4. The van der Waals surface area contributed by atoms with Crippen molar-refractivity contribution in [3.8, 4) is 5.75 Å². The monoisotopic (exact) mass is 286 g/mol. The van der Waals surface area contributed by atoms with Crippen LogP contribution in [0.2, 0.25) is 0 Å². The number of aromatic nitrogens is 1. The Labute approximate surface area is 125 Å². The fourth-order valence-corrected chi connectivity index (χ4v) is 1.90. The van der Waals surface area contributed by atoms with E-state index in [1.807, 2.05) is 42.5 Å². The van der Waals surface area contributed by atoms with Crippen LogP contribution < -0.4 is 10.5 Å². The van der Waals surface area contributed by atoms with Crippen LogP contribution in [-0.2, 0) is 17.7 Å². The van der Waals surface area contributed by atoms with Crippen LogP contribution in [0.25, 0.3) is 0 Å². The van der Waals surface area contributed by atoms with E-state index < -0.39 is 0 Å². The molecule has 0 unspecified atom stereocenters. The highest BCUT2D eigenvalue weighted by atomic mass is 16.5. The molecule has 2 rings (SSSR count). The second-order valence-corrected chi connectivity index (χ2v) is 4.73. The van der Waals surface area contributed by atoms with Gasteiger partial charge in [-0.05, 0) is 29.8 Å². The van der Waals surface area contributed by atoms with Gasteiger partial charge < -0.3 is 15.2 Å². The zero-order chi connectivity index (χ0) is 14.8. The number of rotatable bonds is 9. The molecule has 4 nitrogen and oxygen atoms in total. The van der Waals surface area contributed by atoms with Gasteiger partial charge in [-0.3, -0.25) is 4.98 Å². The lowest BCUT2D eigenvalue weighted by molar-refractivity contribution is 0.121. The summed E-state index contributed by atoms with van der Waals surface area (Å²) < 4.78 is 11.2. The SMILES string of the molecule is NCc1ccc(OCCCOCCc2ccccn2)cc1. The first-order chi connectivity index (χ1) is 10.4. The Morgan fingerprint density at radius 3 is 2.52 bits per heavy atom.